The number of nitrogens with two attached hydrogens (primary N) is 1. The first-order valence-electron chi connectivity index (χ1n) is 13.2. The molecular formula is C29H30ClN7O2. The number of para-hydroxylation sites is 1. The van der Waals surface area contributed by atoms with Crippen LogP contribution in [0.1, 0.15) is 35.5 Å². The lowest BCUT2D eigenvalue weighted by Crippen LogP contribution is -2.46. The van der Waals surface area contributed by atoms with Gasteiger partial charge in [0, 0.05) is 56.6 Å². The Morgan fingerprint density at radius 2 is 1.92 bits per heavy atom. The molecule has 1 saturated carbocycles. The van der Waals surface area contributed by atoms with Gasteiger partial charge >= 0.3 is 5.97 Å². The Morgan fingerprint density at radius 3 is 2.72 bits per heavy atom. The summed E-state index contributed by atoms with van der Waals surface area (Å²) in [6.45, 7) is 4.71. The Morgan fingerprint density at radius 1 is 1.10 bits per heavy atom. The third-order valence-corrected chi connectivity index (χ3v) is 7.49. The van der Waals surface area contributed by atoms with E-state index in [0.717, 1.165) is 78.8 Å². The minimum absolute atomic E-state index is 0.0317. The highest BCUT2D eigenvalue weighted by molar-refractivity contribution is 6.33. The Balaban J connectivity index is 1.07. The van der Waals surface area contributed by atoms with Gasteiger partial charge in [0.2, 0.25) is 0 Å². The van der Waals surface area contributed by atoms with E-state index in [-0.39, 0.29) is 17.7 Å². The number of hydrogen-bond acceptors (Lipinski definition) is 7. The zero-order valence-electron chi connectivity index (χ0n) is 21.5. The van der Waals surface area contributed by atoms with Crippen molar-refractivity contribution >= 4 is 40.1 Å². The molecule has 1 aliphatic carbocycles. The smallest absolute Gasteiger partial charge is 0.338 e. The molecule has 6 rings (SSSR count). The number of oxime groups is 1. The van der Waals surface area contributed by atoms with Gasteiger partial charge in [0.25, 0.3) is 0 Å². The molecule has 3 heterocycles. The van der Waals surface area contributed by atoms with Gasteiger partial charge in [-0.3, -0.25) is 9.88 Å². The van der Waals surface area contributed by atoms with Crippen LogP contribution in [0.15, 0.2) is 65.9 Å². The number of pyridine rings is 1. The van der Waals surface area contributed by atoms with Crippen LogP contribution >= 0.6 is 11.6 Å². The molecule has 39 heavy (non-hydrogen) atoms. The molecule has 0 radical (unpaired) electrons. The van der Waals surface area contributed by atoms with Gasteiger partial charge in [0.15, 0.2) is 5.84 Å². The van der Waals surface area contributed by atoms with E-state index in [1.54, 1.807) is 0 Å². The van der Waals surface area contributed by atoms with E-state index in [1.165, 1.54) is 5.56 Å². The van der Waals surface area contributed by atoms with Crippen LogP contribution in [-0.2, 0) is 22.6 Å². The van der Waals surface area contributed by atoms with Crippen LogP contribution in [0.5, 0.6) is 0 Å². The van der Waals surface area contributed by atoms with Gasteiger partial charge in [0.05, 0.1) is 27.7 Å². The molecule has 0 amide bonds. The predicted molar refractivity (Wildman–Crippen MR) is 152 cm³/mol. The highest BCUT2D eigenvalue weighted by Crippen LogP contribution is 2.30. The number of aromatic nitrogens is 3. The standard InChI is InChI=1S/C29H30ClN7O2/c30-23-3-1-2-4-26(23)37-13-11-36(12-14-37)18-19-9-10-32-22(15-19)17-27-33-24-8-7-21(16-25(24)34-27)28(31)35-39-29(38)20-5-6-20/h1-4,7-10,15-16,20H,5-6,11-14,17-18H2,(H2,31,35)(H,33,34). The molecule has 2 fully saturated rings. The number of nitrogens with one attached hydrogen (secondary N) is 1. The molecule has 1 saturated heterocycles. The van der Waals surface area contributed by atoms with Gasteiger partial charge in [-0.25, -0.2) is 9.78 Å². The summed E-state index contributed by atoms with van der Waals surface area (Å²) in [6, 6.07) is 17.8. The molecule has 10 heteroatoms. The number of aromatic amines is 1. The molecule has 4 aromatic rings. The maximum absolute atomic E-state index is 11.7. The molecule has 2 aromatic carbocycles. The van der Waals surface area contributed by atoms with E-state index in [1.807, 2.05) is 42.6 Å². The summed E-state index contributed by atoms with van der Waals surface area (Å²) in [7, 11) is 0. The monoisotopic (exact) mass is 543 g/mol. The lowest BCUT2D eigenvalue weighted by molar-refractivity contribution is -0.145. The average Bonchev–Trinajstić information content (AvgIpc) is 3.72. The molecule has 2 aromatic heterocycles. The van der Waals surface area contributed by atoms with Crippen LogP contribution in [-0.4, -0.2) is 57.8 Å². The fraction of sp³-hybridized carbons (Fsp3) is 0.310. The van der Waals surface area contributed by atoms with Gasteiger partial charge in [-0.2, -0.15) is 0 Å². The SMILES string of the molecule is N/C(=N\OC(=O)C1CC1)c1ccc2nc(Cc3cc(CN4CCN(c5ccccc5Cl)CC4)ccn3)[nH]c2c1. The quantitative estimate of drug-likeness (QED) is 0.149. The summed E-state index contributed by atoms with van der Waals surface area (Å²) in [5.74, 6) is 0.618. The fourth-order valence-corrected chi connectivity index (χ4v) is 5.11. The van der Waals surface area contributed by atoms with Crippen LogP contribution in [0, 0.1) is 5.92 Å². The van der Waals surface area contributed by atoms with Crippen LogP contribution < -0.4 is 10.6 Å². The topological polar surface area (TPSA) is 113 Å². The fourth-order valence-electron chi connectivity index (χ4n) is 4.85. The van der Waals surface area contributed by atoms with E-state index in [2.05, 4.69) is 43.1 Å². The molecule has 2 aliphatic rings. The minimum atomic E-state index is -0.322. The third kappa shape index (κ3) is 6.05. The van der Waals surface area contributed by atoms with Crippen molar-refractivity contribution in [3.05, 3.63) is 88.5 Å². The van der Waals surface area contributed by atoms with E-state index >= 15 is 0 Å². The maximum Gasteiger partial charge on any atom is 0.338 e. The summed E-state index contributed by atoms with van der Waals surface area (Å²) in [4.78, 5) is 34.1. The van der Waals surface area contributed by atoms with E-state index in [4.69, 9.17) is 27.2 Å². The number of benzene rings is 2. The van der Waals surface area contributed by atoms with Crippen molar-refractivity contribution in [1.29, 1.82) is 0 Å². The van der Waals surface area contributed by atoms with Gasteiger partial charge < -0.3 is 20.5 Å². The molecule has 3 N–H and O–H groups in total. The van der Waals surface area contributed by atoms with Crippen molar-refractivity contribution in [2.75, 3.05) is 31.1 Å². The van der Waals surface area contributed by atoms with Crippen LogP contribution in [0.2, 0.25) is 5.02 Å². The first kappa shape index (κ1) is 25.3. The van der Waals surface area contributed by atoms with Gasteiger partial charge in [-0.05, 0) is 60.9 Å². The summed E-state index contributed by atoms with van der Waals surface area (Å²) in [5, 5.41) is 4.61. The molecule has 0 atom stereocenters. The number of piperazine rings is 1. The normalized spacial score (nSPS) is 16.5. The Bertz CT molecular complexity index is 1520. The van der Waals surface area contributed by atoms with Gasteiger partial charge in [0.1, 0.15) is 5.82 Å². The molecule has 200 valence electrons. The highest BCUT2D eigenvalue weighted by Gasteiger charge is 2.31. The predicted octanol–water partition coefficient (Wildman–Crippen LogP) is 4.10. The zero-order valence-corrected chi connectivity index (χ0v) is 22.3. The number of amidine groups is 1. The lowest BCUT2D eigenvalue weighted by atomic mass is 10.1. The number of hydrogen-bond donors (Lipinski definition) is 2. The Hall–Kier alpha value is -3.95. The van der Waals surface area contributed by atoms with Crippen molar-refractivity contribution in [3.8, 4) is 0 Å². The molecule has 9 nitrogen and oxygen atoms in total. The summed E-state index contributed by atoms with van der Waals surface area (Å²) in [5.41, 5.74) is 11.7. The number of fused-ring (bicyclic) bond motifs is 1. The Labute approximate surface area is 231 Å². The van der Waals surface area contributed by atoms with Crippen molar-refractivity contribution in [2.24, 2.45) is 16.8 Å². The second-order valence-electron chi connectivity index (χ2n) is 10.1. The maximum atomic E-state index is 11.7. The van der Waals surface area contributed by atoms with Crippen molar-refractivity contribution in [2.45, 2.75) is 25.8 Å². The zero-order chi connectivity index (χ0) is 26.8. The molecule has 0 bridgehead atoms. The van der Waals surface area contributed by atoms with E-state index in [0.29, 0.717) is 12.0 Å². The first-order chi connectivity index (χ1) is 19.0. The number of nitrogens with zero attached hydrogens (tertiary/aromatic N) is 5. The Kier molecular flexibility index (Phi) is 7.17. The van der Waals surface area contributed by atoms with E-state index in [9.17, 15) is 4.79 Å². The second kappa shape index (κ2) is 11.0. The minimum Gasteiger partial charge on any atom is -0.380 e. The van der Waals surface area contributed by atoms with E-state index < -0.39 is 0 Å². The lowest BCUT2D eigenvalue weighted by Gasteiger charge is -2.36. The van der Waals surface area contributed by atoms with Crippen LogP contribution in [0.3, 0.4) is 0 Å². The number of carbonyl (C=O) groups is 1. The summed E-state index contributed by atoms with van der Waals surface area (Å²) >= 11 is 6.39. The molecule has 0 unspecified atom stereocenters. The van der Waals surface area contributed by atoms with Crippen LogP contribution in [0.25, 0.3) is 11.0 Å². The summed E-state index contributed by atoms with van der Waals surface area (Å²) in [6.07, 6.45) is 4.17. The first-order valence-corrected chi connectivity index (χ1v) is 13.6. The number of rotatable bonds is 8. The number of carbonyl (C=O) groups excluding carboxylic acids is 1. The van der Waals surface area contributed by atoms with Gasteiger partial charge in [-0.15, -0.1) is 0 Å². The largest absolute Gasteiger partial charge is 0.380 e. The number of anilines is 1. The number of H-pyrrole nitrogens is 1. The molecular weight excluding hydrogens is 514 g/mol. The average molecular weight is 544 g/mol. The van der Waals surface area contributed by atoms with Crippen molar-refractivity contribution < 1.29 is 9.63 Å². The number of halogens is 1. The second-order valence-corrected chi connectivity index (χ2v) is 10.5. The number of imidazole rings is 1. The molecule has 1 aliphatic heterocycles. The van der Waals surface area contributed by atoms with Gasteiger partial charge in [-0.1, -0.05) is 28.9 Å². The van der Waals surface area contributed by atoms with Crippen LogP contribution in [0.4, 0.5) is 5.69 Å². The third-order valence-electron chi connectivity index (χ3n) is 7.17. The van der Waals surface area contributed by atoms with Crippen molar-refractivity contribution in [1.82, 2.24) is 19.9 Å². The highest BCUT2D eigenvalue weighted by atomic mass is 35.5. The van der Waals surface area contributed by atoms with Crippen molar-refractivity contribution in [3.63, 3.8) is 0 Å². The summed E-state index contributed by atoms with van der Waals surface area (Å²) < 4.78 is 0. The molecule has 0 spiro atoms.